The molecule has 0 amide bonds. The lowest BCUT2D eigenvalue weighted by atomic mass is 9.48. The lowest BCUT2D eigenvalue weighted by molar-refractivity contribution is -0.0672. The van der Waals surface area contributed by atoms with Gasteiger partial charge in [0.15, 0.2) is 5.11 Å². The molecular formula is C18H30N2OS. The van der Waals surface area contributed by atoms with Crippen molar-refractivity contribution in [3.05, 3.63) is 0 Å². The first-order valence-electron chi connectivity index (χ1n) is 9.29. The first-order valence-corrected chi connectivity index (χ1v) is 9.70. The minimum atomic E-state index is 0.356. The predicted octanol–water partition coefficient (Wildman–Crippen LogP) is 3.23. The van der Waals surface area contributed by atoms with Gasteiger partial charge >= 0.3 is 0 Å². The molecular weight excluding hydrogens is 292 g/mol. The average molecular weight is 323 g/mol. The molecule has 4 heteroatoms. The van der Waals surface area contributed by atoms with E-state index in [2.05, 4.69) is 17.6 Å². The summed E-state index contributed by atoms with van der Waals surface area (Å²) in [6.45, 7) is 4.14. The highest BCUT2D eigenvalue weighted by atomic mass is 32.1. The van der Waals surface area contributed by atoms with Gasteiger partial charge in [-0.05, 0) is 93.7 Å². The molecule has 0 aromatic carbocycles. The Morgan fingerprint density at radius 1 is 1.18 bits per heavy atom. The lowest BCUT2D eigenvalue weighted by Crippen LogP contribution is -2.57. The fourth-order valence-electron chi connectivity index (χ4n) is 6.12. The van der Waals surface area contributed by atoms with E-state index in [9.17, 15) is 0 Å². The molecule has 1 heterocycles. The van der Waals surface area contributed by atoms with Gasteiger partial charge in [0, 0.05) is 19.2 Å². The summed E-state index contributed by atoms with van der Waals surface area (Å²) in [4.78, 5) is 0. The van der Waals surface area contributed by atoms with Crippen LogP contribution in [0.25, 0.3) is 0 Å². The first-order chi connectivity index (χ1) is 10.6. The number of rotatable bonds is 4. The number of hydrogen-bond donors (Lipinski definition) is 2. The summed E-state index contributed by atoms with van der Waals surface area (Å²) in [5.41, 5.74) is 0.518. The molecule has 2 atom stereocenters. The van der Waals surface area contributed by atoms with Crippen LogP contribution in [0, 0.1) is 23.2 Å². The van der Waals surface area contributed by atoms with Crippen molar-refractivity contribution in [1.29, 1.82) is 0 Å². The van der Waals surface area contributed by atoms with Crippen LogP contribution in [-0.4, -0.2) is 30.4 Å². The Morgan fingerprint density at radius 2 is 1.82 bits per heavy atom. The van der Waals surface area contributed by atoms with Crippen molar-refractivity contribution in [3.8, 4) is 0 Å². The second kappa shape index (κ2) is 5.94. The van der Waals surface area contributed by atoms with E-state index in [1.54, 1.807) is 0 Å². The zero-order valence-corrected chi connectivity index (χ0v) is 14.6. The average Bonchev–Trinajstić information content (AvgIpc) is 2.97. The third kappa shape index (κ3) is 2.89. The highest BCUT2D eigenvalue weighted by Gasteiger charge is 2.53. The van der Waals surface area contributed by atoms with Crippen LogP contribution < -0.4 is 10.6 Å². The third-order valence-corrected chi connectivity index (χ3v) is 7.13. The summed E-state index contributed by atoms with van der Waals surface area (Å²) in [6, 6.07) is 0.505. The molecule has 2 N–H and O–H groups in total. The van der Waals surface area contributed by atoms with Crippen LogP contribution >= 0.6 is 12.2 Å². The van der Waals surface area contributed by atoms with Crippen molar-refractivity contribution in [2.75, 3.05) is 13.2 Å². The van der Waals surface area contributed by atoms with Gasteiger partial charge < -0.3 is 15.4 Å². The highest BCUT2D eigenvalue weighted by molar-refractivity contribution is 7.80. The Balaban J connectivity index is 1.31. The summed E-state index contributed by atoms with van der Waals surface area (Å²) in [7, 11) is 0. The lowest BCUT2D eigenvalue weighted by Gasteiger charge is -2.59. The Hall–Kier alpha value is -0.350. The first kappa shape index (κ1) is 15.2. The van der Waals surface area contributed by atoms with Crippen molar-refractivity contribution in [1.82, 2.24) is 10.6 Å². The molecule has 124 valence electrons. The maximum atomic E-state index is 5.66. The van der Waals surface area contributed by atoms with Gasteiger partial charge in [-0.1, -0.05) is 0 Å². The maximum Gasteiger partial charge on any atom is 0.166 e. The summed E-state index contributed by atoms with van der Waals surface area (Å²) in [5, 5.41) is 7.84. The molecule has 1 aliphatic heterocycles. The predicted molar refractivity (Wildman–Crippen MR) is 92.8 cm³/mol. The van der Waals surface area contributed by atoms with E-state index in [4.69, 9.17) is 17.0 Å². The van der Waals surface area contributed by atoms with Crippen LogP contribution in [0.3, 0.4) is 0 Å². The normalized spacial score (nSPS) is 44.0. The smallest absolute Gasteiger partial charge is 0.166 e. The molecule has 4 saturated carbocycles. The monoisotopic (exact) mass is 322 g/mol. The number of thiocarbonyl (C=S) groups is 1. The minimum Gasteiger partial charge on any atom is -0.376 e. The topological polar surface area (TPSA) is 33.3 Å². The van der Waals surface area contributed by atoms with Crippen molar-refractivity contribution in [2.45, 2.75) is 70.4 Å². The molecule has 0 aromatic heterocycles. The van der Waals surface area contributed by atoms with Gasteiger partial charge in [0.05, 0.1) is 6.10 Å². The van der Waals surface area contributed by atoms with E-state index < -0.39 is 0 Å². The molecule has 22 heavy (non-hydrogen) atoms. The standard InChI is InChI=1S/C18H30N2OS/c1-12(20-17(22)19-11-16-3-2-4-21-16)18-8-13-5-14(9-18)7-15(6-13)10-18/h12-16H,2-11H2,1H3,(H2,19,20,22)/t12-,13?,14?,15?,16+,18?/m1/s1. The van der Waals surface area contributed by atoms with Gasteiger partial charge in [0.1, 0.15) is 0 Å². The van der Waals surface area contributed by atoms with E-state index in [0.717, 1.165) is 36.0 Å². The van der Waals surface area contributed by atoms with Gasteiger partial charge in [-0.2, -0.15) is 0 Å². The van der Waals surface area contributed by atoms with Gasteiger partial charge in [-0.3, -0.25) is 0 Å². The van der Waals surface area contributed by atoms with Crippen LogP contribution in [-0.2, 0) is 4.74 Å². The number of ether oxygens (including phenoxy) is 1. The molecule has 5 rings (SSSR count). The SMILES string of the molecule is C[C@@H](NC(=S)NC[C@@H]1CCCO1)C12CC3CC(CC(C3)C1)C2. The van der Waals surface area contributed by atoms with Crippen molar-refractivity contribution >= 4 is 17.3 Å². The van der Waals surface area contributed by atoms with E-state index in [0.29, 0.717) is 17.6 Å². The summed E-state index contributed by atoms with van der Waals surface area (Å²) < 4.78 is 5.66. The van der Waals surface area contributed by atoms with Gasteiger partial charge in [0.25, 0.3) is 0 Å². The third-order valence-electron chi connectivity index (χ3n) is 6.87. The zero-order chi connectivity index (χ0) is 15.2. The Labute approximate surface area is 139 Å². The largest absolute Gasteiger partial charge is 0.376 e. The molecule has 4 aliphatic carbocycles. The fourth-order valence-corrected chi connectivity index (χ4v) is 6.38. The van der Waals surface area contributed by atoms with E-state index in [1.165, 1.54) is 51.4 Å². The fraction of sp³-hybridized carbons (Fsp3) is 0.944. The molecule has 3 nitrogen and oxygen atoms in total. The van der Waals surface area contributed by atoms with Crippen molar-refractivity contribution in [3.63, 3.8) is 0 Å². The van der Waals surface area contributed by atoms with Gasteiger partial charge in [-0.25, -0.2) is 0 Å². The summed E-state index contributed by atoms with van der Waals surface area (Å²) in [5.74, 6) is 3.01. The molecule has 4 bridgehead atoms. The van der Waals surface area contributed by atoms with Gasteiger partial charge in [-0.15, -0.1) is 0 Å². The highest BCUT2D eigenvalue weighted by Crippen LogP contribution is 2.61. The van der Waals surface area contributed by atoms with Gasteiger partial charge in [0.2, 0.25) is 0 Å². The second-order valence-electron chi connectivity index (χ2n) is 8.49. The Morgan fingerprint density at radius 3 is 2.36 bits per heavy atom. The van der Waals surface area contributed by atoms with Crippen molar-refractivity contribution < 1.29 is 4.74 Å². The van der Waals surface area contributed by atoms with Crippen molar-refractivity contribution in [2.24, 2.45) is 23.2 Å². The Kier molecular flexibility index (Phi) is 4.10. The van der Waals surface area contributed by atoms with Crippen LogP contribution in [0.15, 0.2) is 0 Å². The minimum absolute atomic E-state index is 0.356. The molecule has 1 saturated heterocycles. The van der Waals surface area contributed by atoms with Crippen LogP contribution in [0.5, 0.6) is 0 Å². The van der Waals surface area contributed by atoms with E-state index >= 15 is 0 Å². The Bertz CT molecular complexity index is 398. The maximum absolute atomic E-state index is 5.66. The molecule has 0 aromatic rings. The zero-order valence-electron chi connectivity index (χ0n) is 13.8. The van der Waals surface area contributed by atoms with Crippen LogP contribution in [0.4, 0.5) is 0 Å². The molecule has 5 aliphatic rings. The number of hydrogen-bond acceptors (Lipinski definition) is 2. The molecule has 5 fully saturated rings. The van der Waals surface area contributed by atoms with Crippen LogP contribution in [0.2, 0.25) is 0 Å². The molecule has 0 unspecified atom stereocenters. The summed E-state index contributed by atoms with van der Waals surface area (Å²) in [6.07, 6.45) is 11.5. The number of nitrogens with one attached hydrogen (secondary N) is 2. The van der Waals surface area contributed by atoms with E-state index in [-0.39, 0.29) is 0 Å². The van der Waals surface area contributed by atoms with Crippen LogP contribution in [0.1, 0.15) is 58.3 Å². The second-order valence-corrected chi connectivity index (χ2v) is 8.90. The molecule has 0 spiro atoms. The quantitative estimate of drug-likeness (QED) is 0.779. The van der Waals surface area contributed by atoms with E-state index in [1.807, 2.05) is 0 Å². The molecule has 0 radical (unpaired) electrons. The summed E-state index contributed by atoms with van der Waals surface area (Å²) >= 11 is 5.54.